The van der Waals surface area contributed by atoms with Crippen LogP contribution in [0.2, 0.25) is 0 Å². The van der Waals surface area contributed by atoms with Crippen molar-refractivity contribution in [3.05, 3.63) is 29.3 Å². The number of ether oxygens (including phenoxy) is 2. The molecular weight excluding hydrogens is 282 g/mol. The molecule has 1 aromatic rings. The number of nitrogens with zero attached hydrogens (tertiary/aromatic N) is 1. The van der Waals surface area contributed by atoms with Crippen LogP contribution in [0, 0.1) is 11.6 Å². The average molecular weight is 302 g/mol. The number of methoxy groups -OCH3 is 2. The summed E-state index contributed by atoms with van der Waals surface area (Å²) in [7, 11) is 3.02. The summed E-state index contributed by atoms with van der Waals surface area (Å²) in [4.78, 5) is 14.0. The molecule has 0 saturated carbocycles. The molecule has 1 aromatic carbocycles. The van der Waals surface area contributed by atoms with Gasteiger partial charge < -0.3 is 20.1 Å². The van der Waals surface area contributed by atoms with Gasteiger partial charge in [-0.1, -0.05) is 0 Å². The zero-order valence-corrected chi connectivity index (χ0v) is 12.4. The van der Waals surface area contributed by atoms with Crippen molar-refractivity contribution < 1.29 is 23.0 Å². The largest absolute Gasteiger partial charge is 0.398 e. The van der Waals surface area contributed by atoms with Crippen molar-refractivity contribution in [2.24, 2.45) is 0 Å². The molecule has 1 unspecified atom stereocenters. The number of hydrogen-bond acceptors (Lipinski definition) is 4. The topological polar surface area (TPSA) is 64.8 Å². The lowest BCUT2D eigenvalue weighted by Crippen LogP contribution is -2.43. The highest BCUT2D eigenvalue weighted by Crippen LogP contribution is 2.20. The molecule has 0 heterocycles. The summed E-state index contributed by atoms with van der Waals surface area (Å²) in [6.07, 6.45) is 0. The molecule has 2 N–H and O–H groups in total. The van der Waals surface area contributed by atoms with Crippen LogP contribution in [-0.2, 0) is 9.47 Å². The van der Waals surface area contributed by atoms with Gasteiger partial charge in [0, 0.05) is 32.5 Å². The smallest absolute Gasteiger partial charge is 0.256 e. The lowest BCUT2D eigenvalue weighted by molar-refractivity contribution is 0.0480. The summed E-state index contributed by atoms with van der Waals surface area (Å²) < 4.78 is 36.4. The van der Waals surface area contributed by atoms with Gasteiger partial charge in [0.15, 0.2) is 11.6 Å². The number of nitrogens with two attached hydrogens (primary N) is 1. The number of amides is 1. The third-order valence-corrected chi connectivity index (χ3v) is 3.06. The zero-order chi connectivity index (χ0) is 16.0. The Kier molecular flexibility index (Phi) is 6.51. The number of carbonyl (C=O) groups is 1. The van der Waals surface area contributed by atoms with Crippen molar-refractivity contribution in [1.82, 2.24) is 4.90 Å². The molecule has 0 radical (unpaired) electrons. The van der Waals surface area contributed by atoms with Crippen molar-refractivity contribution in [3.8, 4) is 0 Å². The molecule has 21 heavy (non-hydrogen) atoms. The van der Waals surface area contributed by atoms with E-state index in [1.807, 2.05) is 0 Å². The fourth-order valence-corrected chi connectivity index (χ4v) is 1.95. The van der Waals surface area contributed by atoms with E-state index in [1.54, 1.807) is 6.92 Å². The van der Waals surface area contributed by atoms with Crippen molar-refractivity contribution in [2.75, 3.05) is 39.7 Å². The predicted octanol–water partition coefficient (Wildman–Crippen LogP) is 1.67. The highest BCUT2D eigenvalue weighted by Gasteiger charge is 2.24. The van der Waals surface area contributed by atoms with E-state index in [-0.39, 0.29) is 23.8 Å². The van der Waals surface area contributed by atoms with Crippen LogP contribution in [0.25, 0.3) is 0 Å². The number of carbonyl (C=O) groups excluding carboxylic acids is 1. The molecule has 7 heteroatoms. The van der Waals surface area contributed by atoms with Crippen molar-refractivity contribution in [1.29, 1.82) is 0 Å². The molecule has 1 amide bonds. The Morgan fingerprint density at radius 1 is 1.29 bits per heavy atom. The van der Waals surface area contributed by atoms with Crippen molar-refractivity contribution in [2.45, 2.75) is 13.0 Å². The lowest BCUT2D eigenvalue weighted by atomic mass is 10.1. The van der Waals surface area contributed by atoms with Gasteiger partial charge in [0.05, 0.1) is 24.8 Å². The second-order valence-corrected chi connectivity index (χ2v) is 4.65. The Hall–Kier alpha value is -1.73. The van der Waals surface area contributed by atoms with Crippen molar-refractivity contribution >= 4 is 11.6 Å². The summed E-state index contributed by atoms with van der Waals surface area (Å²) in [5, 5.41) is 0. The van der Waals surface area contributed by atoms with E-state index in [1.165, 1.54) is 19.1 Å². The monoisotopic (exact) mass is 302 g/mol. The fourth-order valence-electron chi connectivity index (χ4n) is 1.95. The molecule has 0 bridgehead atoms. The number of hydrogen-bond donors (Lipinski definition) is 1. The molecule has 1 rings (SSSR count). The summed E-state index contributed by atoms with van der Waals surface area (Å²) in [5.74, 6) is -2.69. The van der Waals surface area contributed by atoms with Gasteiger partial charge in [-0.2, -0.15) is 0 Å². The maximum absolute atomic E-state index is 13.3. The molecule has 5 nitrogen and oxygen atoms in total. The summed E-state index contributed by atoms with van der Waals surface area (Å²) in [6.45, 7) is 2.69. The molecular formula is C14H20F2N2O3. The van der Waals surface area contributed by atoms with Gasteiger partial charge in [0.2, 0.25) is 0 Å². The van der Waals surface area contributed by atoms with E-state index in [9.17, 15) is 13.6 Å². The average Bonchev–Trinajstić information content (AvgIpc) is 2.43. The Labute approximate surface area is 122 Å². The minimum atomic E-state index is -1.11. The van der Waals surface area contributed by atoms with E-state index < -0.39 is 17.5 Å². The second-order valence-electron chi connectivity index (χ2n) is 4.65. The number of rotatable bonds is 7. The van der Waals surface area contributed by atoms with Gasteiger partial charge in [-0.05, 0) is 13.0 Å². The zero-order valence-electron chi connectivity index (χ0n) is 12.4. The van der Waals surface area contributed by atoms with E-state index in [2.05, 4.69) is 0 Å². The first-order valence-electron chi connectivity index (χ1n) is 6.45. The van der Waals surface area contributed by atoms with Crippen LogP contribution >= 0.6 is 0 Å². The number of anilines is 1. The van der Waals surface area contributed by atoms with E-state index in [0.717, 1.165) is 12.1 Å². The minimum absolute atomic E-state index is 0.0760. The molecule has 0 saturated heterocycles. The van der Waals surface area contributed by atoms with Gasteiger partial charge in [0.1, 0.15) is 0 Å². The Balaban J connectivity index is 3.06. The van der Waals surface area contributed by atoms with Gasteiger partial charge >= 0.3 is 0 Å². The van der Waals surface area contributed by atoms with Gasteiger partial charge in [-0.25, -0.2) is 8.78 Å². The predicted molar refractivity (Wildman–Crippen MR) is 75.0 cm³/mol. The van der Waals surface area contributed by atoms with Crippen LogP contribution in [0.15, 0.2) is 12.1 Å². The second kappa shape index (κ2) is 7.90. The normalized spacial score (nSPS) is 12.2. The molecule has 118 valence electrons. The number of nitrogen functional groups attached to an aromatic ring is 1. The molecule has 0 aliphatic carbocycles. The summed E-state index contributed by atoms with van der Waals surface area (Å²) >= 11 is 0. The third kappa shape index (κ3) is 4.37. The molecule has 0 fully saturated rings. The lowest BCUT2D eigenvalue weighted by Gasteiger charge is -2.29. The highest BCUT2D eigenvalue weighted by atomic mass is 19.2. The van der Waals surface area contributed by atoms with Gasteiger partial charge in [-0.3, -0.25) is 4.79 Å². The van der Waals surface area contributed by atoms with E-state index >= 15 is 0 Å². The molecule has 0 aliphatic rings. The maximum Gasteiger partial charge on any atom is 0.256 e. The maximum atomic E-state index is 13.3. The Morgan fingerprint density at radius 3 is 2.48 bits per heavy atom. The quantitative estimate of drug-likeness (QED) is 0.778. The SMILES string of the molecule is COCCN(C(=O)c1cc(F)c(F)cc1N)C(C)COC. The summed E-state index contributed by atoms with van der Waals surface area (Å²) in [6, 6.07) is 1.36. The third-order valence-electron chi connectivity index (χ3n) is 3.06. The summed E-state index contributed by atoms with van der Waals surface area (Å²) in [5.41, 5.74) is 5.43. The van der Waals surface area contributed by atoms with Crippen LogP contribution in [-0.4, -0.2) is 50.8 Å². The van der Waals surface area contributed by atoms with Crippen molar-refractivity contribution in [3.63, 3.8) is 0 Å². The van der Waals surface area contributed by atoms with Crippen LogP contribution in [0.3, 0.4) is 0 Å². The standard InChI is InChI=1S/C14H20F2N2O3/c1-9(8-21-3)18(4-5-20-2)14(19)10-6-11(15)12(16)7-13(10)17/h6-7,9H,4-5,8,17H2,1-3H3. The number of halogens is 2. The molecule has 0 aromatic heterocycles. The minimum Gasteiger partial charge on any atom is -0.398 e. The molecule has 0 spiro atoms. The van der Waals surface area contributed by atoms with Gasteiger partial charge in [0.25, 0.3) is 5.91 Å². The first kappa shape index (κ1) is 17.3. The first-order chi connectivity index (χ1) is 9.92. The van der Waals surface area contributed by atoms with Crippen LogP contribution < -0.4 is 5.73 Å². The number of benzene rings is 1. The first-order valence-corrected chi connectivity index (χ1v) is 6.45. The Morgan fingerprint density at radius 2 is 1.90 bits per heavy atom. The van der Waals surface area contributed by atoms with Crippen LogP contribution in [0.1, 0.15) is 17.3 Å². The van der Waals surface area contributed by atoms with Crippen LogP contribution in [0.5, 0.6) is 0 Å². The Bertz CT molecular complexity index is 497. The van der Waals surface area contributed by atoms with E-state index in [0.29, 0.717) is 13.2 Å². The molecule has 0 aliphatic heterocycles. The highest BCUT2D eigenvalue weighted by molar-refractivity contribution is 5.99. The van der Waals surface area contributed by atoms with Gasteiger partial charge in [-0.15, -0.1) is 0 Å². The van der Waals surface area contributed by atoms with E-state index in [4.69, 9.17) is 15.2 Å². The molecule has 1 atom stereocenters. The van der Waals surface area contributed by atoms with Crippen LogP contribution in [0.4, 0.5) is 14.5 Å². The fraction of sp³-hybridized carbons (Fsp3) is 0.500.